The van der Waals surface area contributed by atoms with Crippen molar-refractivity contribution in [3.63, 3.8) is 0 Å². The Balaban J connectivity index is 2.27. The van der Waals surface area contributed by atoms with Crippen LogP contribution < -0.4 is 15.2 Å². The molecule has 0 bridgehead atoms. The number of hydrogen-bond donors (Lipinski definition) is 1. The van der Waals surface area contributed by atoms with Crippen LogP contribution in [0.15, 0.2) is 36.4 Å². The Hall–Kier alpha value is -2.16. The molecule has 2 aromatic carbocycles. The molecule has 0 saturated heterocycles. The molecule has 0 fully saturated rings. The van der Waals surface area contributed by atoms with Gasteiger partial charge in [0.2, 0.25) is 0 Å². The molecule has 19 heavy (non-hydrogen) atoms. The van der Waals surface area contributed by atoms with Crippen molar-refractivity contribution in [2.45, 2.75) is 20.8 Å². The van der Waals surface area contributed by atoms with Crippen LogP contribution in [0.1, 0.15) is 18.1 Å². The number of hydrogen-bond acceptors (Lipinski definition) is 3. The highest BCUT2D eigenvalue weighted by molar-refractivity contribution is 5.51. The second-order valence-corrected chi connectivity index (χ2v) is 4.60. The van der Waals surface area contributed by atoms with Crippen LogP contribution >= 0.6 is 0 Å². The first-order chi connectivity index (χ1) is 9.06. The number of ether oxygens (including phenoxy) is 2. The normalized spacial score (nSPS) is 10.3. The van der Waals surface area contributed by atoms with Crippen LogP contribution in [0, 0.1) is 13.8 Å². The lowest BCUT2D eigenvalue weighted by Crippen LogP contribution is -1.95. The van der Waals surface area contributed by atoms with E-state index in [2.05, 4.69) is 6.07 Å². The number of aryl methyl sites for hydroxylation is 2. The molecule has 0 aliphatic rings. The maximum Gasteiger partial charge on any atom is 0.133 e. The van der Waals surface area contributed by atoms with Crippen LogP contribution in [0.25, 0.3) is 0 Å². The van der Waals surface area contributed by atoms with Crippen molar-refractivity contribution in [3.8, 4) is 17.2 Å². The highest BCUT2D eigenvalue weighted by Gasteiger charge is 2.03. The van der Waals surface area contributed by atoms with Crippen LogP contribution in [0.3, 0.4) is 0 Å². The lowest BCUT2D eigenvalue weighted by molar-refractivity contribution is 0.338. The molecule has 0 unspecified atom stereocenters. The lowest BCUT2D eigenvalue weighted by Gasteiger charge is -2.11. The predicted molar refractivity (Wildman–Crippen MR) is 78.0 cm³/mol. The van der Waals surface area contributed by atoms with Gasteiger partial charge in [0.05, 0.1) is 6.61 Å². The fourth-order valence-corrected chi connectivity index (χ4v) is 2.03. The summed E-state index contributed by atoms with van der Waals surface area (Å²) < 4.78 is 11.3. The van der Waals surface area contributed by atoms with E-state index in [1.165, 1.54) is 11.1 Å². The van der Waals surface area contributed by atoms with Crippen molar-refractivity contribution in [3.05, 3.63) is 47.5 Å². The maximum atomic E-state index is 5.85. The van der Waals surface area contributed by atoms with Crippen molar-refractivity contribution in [2.75, 3.05) is 12.3 Å². The number of nitrogens with two attached hydrogens (primary N) is 1. The third-order valence-corrected chi connectivity index (χ3v) is 2.64. The van der Waals surface area contributed by atoms with Crippen molar-refractivity contribution in [1.82, 2.24) is 0 Å². The van der Waals surface area contributed by atoms with E-state index in [0.29, 0.717) is 18.0 Å². The molecule has 0 radical (unpaired) electrons. The van der Waals surface area contributed by atoms with E-state index >= 15 is 0 Å². The zero-order valence-electron chi connectivity index (χ0n) is 11.6. The second kappa shape index (κ2) is 5.65. The zero-order chi connectivity index (χ0) is 13.8. The van der Waals surface area contributed by atoms with Crippen molar-refractivity contribution < 1.29 is 9.47 Å². The summed E-state index contributed by atoms with van der Waals surface area (Å²) in [6.45, 7) is 6.63. The summed E-state index contributed by atoms with van der Waals surface area (Å²) in [6, 6.07) is 11.5. The molecule has 0 spiro atoms. The van der Waals surface area contributed by atoms with Crippen LogP contribution in [-0.4, -0.2) is 6.61 Å². The first-order valence-electron chi connectivity index (χ1n) is 6.36. The number of nitrogen functional groups attached to an aromatic ring is 1. The highest BCUT2D eigenvalue weighted by atomic mass is 16.5. The van der Waals surface area contributed by atoms with Gasteiger partial charge in [0.1, 0.15) is 17.2 Å². The van der Waals surface area contributed by atoms with E-state index < -0.39 is 0 Å². The van der Waals surface area contributed by atoms with Gasteiger partial charge in [-0.2, -0.15) is 0 Å². The Kier molecular flexibility index (Phi) is 3.95. The molecular weight excluding hydrogens is 238 g/mol. The number of anilines is 1. The van der Waals surface area contributed by atoms with Gasteiger partial charge in [0.15, 0.2) is 0 Å². The van der Waals surface area contributed by atoms with Gasteiger partial charge in [-0.25, -0.2) is 0 Å². The summed E-state index contributed by atoms with van der Waals surface area (Å²) in [5.74, 6) is 2.22. The van der Waals surface area contributed by atoms with Crippen LogP contribution in [0.2, 0.25) is 0 Å². The van der Waals surface area contributed by atoms with Gasteiger partial charge in [-0.1, -0.05) is 6.07 Å². The summed E-state index contributed by atoms with van der Waals surface area (Å²) in [6.07, 6.45) is 0. The van der Waals surface area contributed by atoms with E-state index in [-0.39, 0.29) is 0 Å². The minimum atomic E-state index is 0.604. The fraction of sp³-hybridized carbons (Fsp3) is 0.250. The largest absolute Gasteiger partial charge is 0.494 e. The Morgan fingerprint density at radius 2 is 1.42 bits per heavy atom. The van der Waals surface area contributed by atoms with Gasteiger partial charge >= 0.3 is 0 Å². The minimum absolute atomic E-state index is 0.604. The Labute approximate surface area is 114 Å². The minimum Gasteiger partial charge on any atom is -0.494 e. The van der Waals surface area contributed by atoms with Gasteiger partial charge in [-0.3, -0.25) is 0 Å². The molecule has 0 aliphatic heterocycles. The van der Waals surface area contributed by atoms with Crippen LogP contribution in [-0.2, 0) is 0 Å². The van der Waals surface area contributed by atoms with Gasteiger partial charge < -0.3 is 15.2 Å². The SMILES string of the molecule is CCOc1cc(N)cc(Oc2cc(C)cc(C)c2)c1. The zero-order valence-corrected chi connectivity index (χ0v) is 11.6. The fourth-order valence-electron chi connectivity index (χ4n) is 2.03. The Bertz CT molecular complexity index is 559. The average molecular weight is 257 g/mol. The molecule has 0 heterocycles. The van der Waals surface area contributed by atoms with Gasteiger partial charge in [-0.05, 0) is 44.0 Å². The van der Waals surface area contributed by atoms with Gasteiger partial charge in [-0.15, -0.1) is 0 Å². The van der Waals surface area contributed by atoms with E-state index in [1.807, 2.05) is 39.0 Å². The summed E-state index contributed by atoms with van der Waals surface area (Å²) in [5, 5.41) is 0. The van der Waals surface area contributed by atoms with Crippen LogP contribution in [0.4, 0.5) is 5.69 Å². The standard InChI is InChI=1S/C16H19NO2/c1-4-18-14-8-13(17)9-16(10-14)19-15-6-11(2)5-12(3)7-15/h5-10H,4,17H2,1-3H3. The molecule has 3 nitrogen and oxygen atoms in total. The summed E-state index contributed by atoms with van der Waals surface area (Å²) >= 11 is 0. The maximum absolute atomic E-state index is 5.85. The summed E-state index contributed by atoms with van der Waals surface area (Å²) in [4.78, 5) is 0. The molecule has 0 saturated carbocycles. The first-order valence-corrected chi connectivity index (χ1v) is 6.36. The number of rotatable bonds is 4. The van der Waals surface area contributed by atoms with E-state index in [0.717, 1.165) is 11.5 Å². The quantitative estimate of drug-likeness (QED) is 0.839. The van der Waals surface area contributed by atoms with Crippen LogP contribution in [0.5, 0.6) is 17.2 Å². The van der Waals surface area contributed by atoms with Crippen molar-refractivity contribution in [1.29, 1.82) is 0 Å². The van der Waals surface area contributed by atoms with Crippen molar-refractivity contribution >= 4 is 5.69 Å². The third-order valence-electron chi connectivity index (χ3n) is 2.64. The molecular formula is C16H19NO2. The molecule has 0 aromatic heterocycles. The third kappa shape index (κ3) is 3.65. The van der Waals surface area contributed by atoms with Crippen molar-refractivity contribution in [2.24, 2.45) is 0 Å². The molecule has 2 aromatic rings. The molecule has 2 N–H and O–H groups in total. The molecule has 0 atom stereocenters. The molecule has 100 valence electrons. The smallest absolute Gasteiger partial charge is 0.133 e. The van der Waals surface area contributed by atoms with E-state index in [4.69, 9.17) is 15.2 Å². The summed E-state index contributed by atoms with van der Waals surface area (Å²) in [5.41, 5.74) is 8.81. The molecule has 2 rings (SSSR count). The predicted octanol–water partition coefficient (Wildman–Crippen LogP) is 4.08. The highest BCUT2D eigenvalue weighted by Crippen LogP contribution is 2.29. The summed E-state index contributed by atoms with van der Waals surface area (Å²) in [7, 11) is 0. The first kappa shape index (κ1) is 13.3. The Morgan fingerprint density at radius 3 is 2.05 bits per heavy atom. The Morgan fingerprint density at radius 1 is 0.842 bits per heavy atom. The molecule has 0 aliphatic carbocycles. The van der Waals surface area contributed by atoms with Gasteiger partial charge in [0, 0.05) is 23.9 Å². The topological polar surface area (TPSA) is 44.5 Å². The van der Waals surface area contributed by atoms with Gasteiger partial charge in [0.25, 0.3) is 0 Å². The number of benzene rings is 2. The monoisotopic (exact) mass is 257 g/mol. The average Bonchev–Trinajstić information content (AvgIpc) is 2.26. The molecule has 0 amide bonds. The lowest BCUT2D eigenvalue weighted by atomic mass is 10.1. The van der Waals surface area contributed by atoms with E-state index in [9.17, 15) is 0 Å². The second-order valence-electron chi connectivity index (χ2n) is 4.60. The molecule has 3 heteroatoms. The van der Waals surface area contributed by atoms with E-state index in [1.54, 1.807) is 12.1 Å².